The zero-order valence-corrected chi connectivity index (χ0v) is 45.2. The van der Waals surface area contributed by atoms with Crippen LogP contribution in [0.2, 0.25) is 0 Å². The Bertz CT molecular complexity index is 1640. The number of allylic oxidation sites excluding steroid dienone is 26. The number of esters is 3. The molecule has 396 valence electrons. The smallest absolute Gasteiger partial charge is 0.306 e. The van der Waals surface area contributed by atoms with E-state index in [9.17, 15) is 14.4 Å². The van der Waals surface area contributed by atoms with E-state index in [1.54, 1.807) is 0 Å². The molecule has 6 heteroatoms. The van der Waals surface area contributed by atoms with Crippen molar-refractivity contribution in [1.82, 2.24) is 0 Å². The van der Waals surface area contributed by atoms with Gasteiger partial charge in [0.1, 0.15) is 13.2 Å². The van der Waals surface area contributed by atoms with Gasteiger partial charge in [0.2, 0.25) is 0 Å². The molecule has 0 aromatic rings. The molecule has 0 rings (SSSR count). The third-order valence-corrected chi connectivity index (χ3v) is 11.0. The van der Waals surface area contributed by atoms with Crippen molar-refractivity contribution in [2.24, 2.45) is 0 Å². The predicted octanol–water partition coefficient (Wildman–Crippen LogP) is 19.0. The second-order valence-corrected chi connectivity index (χ2v) is 17.7. The number of hydrogen-bond acceptors (Lipinski definition) is 6. The van der Waals surface area contributed by atoms with Gasteiger partial charge in [-0.3, -0.25) is 14.4 Å². The van der Waals surface area contributed by atoms with Crippen LogP contribution in [-0.2, 0) is 28.6 Å². The Morgan fingerprint density at radius 1 is 0.282 bits per heavy atom. The molecule has 0 spiro atoms. The van der Waals surface area contributed by atoms with Gasteiger partial charge in [-0.2, -0.15) is 0 Å². The Hall–Kier alpha value is -4.97. The summed E-state index contributed by atoms with van der Waals surface area (Å²) in [6.07, 6.45) is 83.8. The number of hydrogen-bond donors (Lipinski definition) is 0. The van der Waals surface area contributed by atoms with Crippen molar-refractivity contribution >= 4 is 17.9 Å². The van der Waals surface area contributed by atoms with Gasteiger partial charge >= 0.3 is 17.9 Å². The first-order valence-corrected chi connectivity index (χ1v) is 28.0. The Kier molecular flexibility index (Phi) is 53.6. The normalized spacial score (nSPS) is 13.3. The second-order valence-electron chi connectivity index (χ2n) is 17.7. The van der Waals surface area contributed by atoms with Crippen LogP contribution in [0.3, 0.4) is 0 Å². The molecule has 0 bridgehead atoms. The number of unbranched alkanes of at least 4 members (excludes halogenated alkanes) is 11. The summed E-state index contributed by atoms with van der Waals surface area (Å²) < 4.78 is 16.8. The molecule has 0 aliphatic rings. The molecule has 0 N–H and O–H groups in total. The van der Waals surface area contributed by atoms with Crippen molar-refractivity contribution in [3.63, 3.8) is 0 Å². The fourth-order valence-corrected chi connectivity index (χ4v) is 6.93. The zero-order chi connectivity index (χ0) is 51.4. The first kappa shape index (κ1) is 66.0. The molecule has 0 heterocycles. The number of carbonyl (C=O) groups is 3. The molecule has 0 amide bonds. The van der Waals surface area contributed by atoms with E-state index in [0.29, 0.717) is 19.3 Å². The van der Waals surface area contributed by atoms with Crippen molar-refractivity contribution in [3.8, 4) is 0 Å². The van der Waals surface area contributed by atoms with E-state index in [-0.39, 0.29) is 37.5 Å². The van der Waals surface area contributed by atoms with E-state index >= 15 is 0 Å². The predicted molar refractivity (Wildman–Crippen MR) is 306 cm³/mol. The van der Waals surface area contributed by atoms with Gasteiger partial charge in [-0.1, -0.05) is 217 Å². The van der Waals surface area contributed by atoms with Crippen LogP contribution in [0.5, 0.6) is 0 Å². The Balaban J connectivity index is 4.51. The standard InChI is InChI=1S/C65H100O6/c1-4-7-10-13-16-19-22-25-27-29-30-31-32-33-34-36-37-40-43-46-49-52-55-58-64(67)70-61-62(60-69-63(66)57-54-51-48-45-42-39-24-21-18-15-12-9-6-3)71-65(68)59-56-53-50-47-44-41-38-35-28-26-23-20-17-14-11-8-5-2/h7-12,16-21,25-28,30-31,33-34,38-39,41-42,47,50,62H,4-6,13-15,22-24,29,32,35-37,40,43-46,48-49,51-61H2,1-3H3/b10-7-,11-8-,12-9-,19-16-,20-17-,21-18-,27-25-,28-26-,31-30-,34-33-,41-38-,42-39-,50-47-. The molecule has 71 heavy (non-hydrogen) atoms. The van der Waals surface area contributed by atoms with E-state index in [1.807, 2.05) is 0 Å². The molecule has 1 unspecified atom stereocenters. The molecular formula is C65H100O6. The Morgan fingerprint density at radius 2 is 0.521 bits per heavy atom. The van der Waals surface area contributed by atoms with Crippen molar-refractivity contribution in [1.29, 1.82) is 0 Å². The van der Waals surface area contributed by atoms with Crippen LogP contribution in [0.25, 0.3) is 0 Å². The summed E-state index contributed by atoms with van der Waals surface area (Å²) in [6, 6.07) is 0. The number of ether oxygens (including phenoxy) is 3. The third-order valence-electron chi connectivity index (χ3n) is 11.0. The molecule has 6 nitrogen and oxygen atoms in total. The molecule has 0 aliphatic carbocycles. The summed E-state index contributed by atoms with van der Waals surface area (Å²) in [5, 5.41) is 0. The minimum atomic E-state index is -0.833. The van der Waals surface area contributed by atoms with Gasteiger partial charge in [0.05, 0.1) is 0 Å². The molecule has 0 aromatic heterocycles. The maximum Gasteiger partial charge on any atom is 0.306 e. The minimum Gasteiger partial charge on any atom is -0.462 e. The summed E-state index contributed by atoms with van der Waals surface area (Å²) in [4.78, 5) is 38.1. The average Bonchev–Trinajstić information content (AvgIpc) is 3.37. The minimum absolute atomic E-state index is 0.124. The Labute approximate surface area is 435 Å². The van der Waals surface area contributed by atoms with Crippen LogP contribution in [0.1, 0.15) is 213 Å². The second kappa shape index (κ2) is 57.6. The Morgan fingerprint density at radius 3 is 0.845 bits per heavy atom. The fourth-order valence-electron chi connectivity index (χ4n) is 6.93. The highest BCUT2D eigenvalue weighted by Gasteiger charge is 2.19. The topological polar surface area (TPSA) is 78.9 Å². The molecule has 1 atom stereocenters. The molecule has 0 fully saturated rings. The van der Waals surface area contributed by atoms with Crippen molar-refractivity contribution in [2.75, 3.05) is 13.2 Å². The van der Waals surface area contributed by atoms with E-state index < -0.39 is 6.10 Å². The van der Waals surface area contributed by atoms with Gasteiger partial charge in [0.25, 0.3) is 0 Å². The lowest BCUT2D eigenvalue weighted by Crippen LogP contribution is -2.30. The van der Waals surface area contributed by atoms with Crippen LogP contribution in [0.4, 0.5) is 0 Å². The highest BCUT2D eigenvalue weighted by Crippen LogP contribution is 2.12. The van der Waals surface area contributed by atoms with Gasteiger partial charge < -0.3 is 14.2 Å². The summed E-state index contributed by atoms with van der Waals surface area (Å²) in [6.45, 7) is 6.19. The van der Waals surface area contributed by atoms with Gasteiger partial charge in [0.15, 0.2) is 6.10 Å². The highest BCUT2D eigenvalue weighted by atomic mass is 16.6. The van der Waals surface area contributed by atoms with E-state index in [1.165, 1.54) is 19.3 Å². The van der Waals surface area contributed by atoms with Gasteiger partial charge in [-0.15, -0.1) is 0 Å². The molecule has 0 saturated heterocycles. The van der Waals surface area contributed by atoms with Crippen molar-refractivity contribution < 1.29 is 28.6 Å². The SMILES string of the molecule is CC/C=C\C/C=C\C/C=C\C/C=C\C/C=C\CCCCCCCCCC(=O)OCC(COC(=O)CCCCC/C=C\C/C=C\C/C=C\CC)OC(=O)CCC/C=C\C/C=C\C/C=C\C/C=C\C/C=C\CC. The van der Waals surface area contributed by atoms with Crippen molar-refractivity contribution in [3.05, 3.63) is 158 Å². The number of carbonyl (C=O) groups excluding carboxylic acids is 3. The van der Waals surface area contributed by atoms with Gasteiger partial charge in [0, 0.05) is 19.3 Å². The van der Waals surface area contributed by atoms with Crippen LogP contribution >= 0.6 is 0 Å². The van der Waals surface area contributed by atoms with E-state index in [0.717, 1.165) is 148 Å². The third kappa shape index (κ3) is 55.8. The lowest BCUT2D eigenvalue weighted by atomic mass is 10.1. The maximum atomic E-state index is 12.8. The largest absolute Gasteiger partial charge is 0.462 e. The van der Waals surface area contributed by atoms with Crippen LogP contribution in [0, 0.1) is 0 Å². The van der Waals surface area contributed by atoms with Crippen molar-refractivity contribution in [2.45, 2.75) is 219 Å². The average molecular weight is 978 g/mol. The summed E-state index contributed by atoms with van der Waals surface area (Å²) in [5.41, 5.74) is 0. The first-order valence-electron chi connectivity index (χ1n) is 28.0. The number of rotatable bonds is 48. The maximum absolute atomic E-state index is 12.8. The van der Waals surface area contributed by atoms with Gasteiger partial charge in [-0.05, 0) is 135 Å². The molecule has 0 aliphatic heterocycles. The zero-order valence-electron chi connectivity index (χ0n) is 45.2. The monoisotopic (exact) mass is 977 g/mol. The molecular weight excluding hydrogens is 877 g/mol. The quantitative estimate of drug-likeness (QED) is 0.0262. The van der Waals surface area contributed by atoms with Crippen LogP contribution in [0.15, 0.2) is 158 Å². The van der Waals surface area contributed by atoms with E-state index in [2.05, 4.69) is 179 Å². The summed E-state index contributed by atoms with van der Waals surface area (Å²) >= 11 is 0. The van der Waals surface area contributed by atoms with E-state index in [4.69, 9.17) is 14.2 Å². The lowest BCUT2D eigenvalue weighted by Gasteiger charge is -2.18. The molecule has 0 aromatic carbocycles. The summed E-state index contributed by atoms with van der Waals surface area (Å²) in [5.74, 6) is -1.03. The molecule has 0 radical (unpaired) electrons. The lowest BCUT2D eigenvalue weighted by molar-refractivity contribution is -0.167. The first-order chi connectivity index (χ1) is 35.0. The fraction of sp³-hybridized carbons (Fsp3) is 0.554. The molecule has 0 saturated carbocycles. The van der Waals surface area contributed by atoms with Crippen LogP contribution < -0.4 is 0 Å². The summed E-state index contributed by atoms with van der Waals surface area (Å²) in [7, 11) is 0. The van der Waals surface area contributed by atoms with Crippen LogP contribution in [-0.4, -0.2) is 37.2 Å². The highest BCUT2D eigenvalue weighted by molar-refractivity contribution is 5.71. The van der Waals surface area contributed by atoms with Gasteiger partial charge in [-0.25, -0.2) is 0 Å².